The van der Waals surface area contributed by atoms with Crippen molar-refractivity contribution in [2.75, 3.05) is 5.32 Å². The van der Waals surface area contributed by atoms with E-state index in [0.29, 0.717) is 10.8 Å². The second kappa shape index (κ2) is 6.68. The standard InChI is InChI=1S/C19H15N3O3S/c23-18(16-10-15(16)12-4-2-1-3-5-12)21-19-20-17(11-26-19)13-6-8-14(9-7-13)22(24)25/h1-9,11,15-16H,10H2,(H,20,21,23)/t15-,16-/m0/s1. The van der Waals surface area contributed by atoms with Crippen molar-refractivity contribution in [2.24, 2.45) is 5.92 Å². The van der Waals surface area contributed by atoms with E-state index in [2.05, 4.69) is 10.3 Å². The first-order valence-corrected chi connectivity index (χ1v) is 9.06. The van der Waals surface area contributed by atoms with Gasteiger partial charge in [-0.25, -0.2) is 4.98 Å². The maximum Gasteiger partial charge on any atom is 0.269 e. The van der Waals surface area contributed by atoms with Gasteiger partial charge in [0.1, 0.15) is 0 Å². The van der Waals surface area contributed by atoms with Crippen molar-refractivity contribution in [2.45, 2.75) is 12.3 Å². The Morgan fingerprint density at radius 3 is 2.58 bits per heavy atom. The summed E-state index contributed by atoms with van der Waals surface area (Å²) in [5.41, 5.74) is 2.70. The third-order valence-electron chi connectivity index (χ3n) is 4.46. The van der Waals surface area contributed by atoms with Crippen LogP contribution in [0.2, 0.25) is 0 Å². The van der Waals surface area contributed by atoms with E-state index in [1.807, 2.05) is 35.7 Å². The summed E-state index contributed by atoms with van der Waals surface area (Å²) in [7, 11) is 0. The molecular formula is C19H15N3O3S. The zero-order valence-electron chi connectivity index (χ0n) is 13.7. The van der Waals surface area contributed by atoms with Crippen molar-refractivity contribution in [1.82, 2.24) is 4.98 Å². The van der Waals surface area contributed by atoms with Gasteiger partial charge in [-0.3, -0.25) is 14.9 Å². The maximum absolute atomic E-state index is 12.4. The number of non-ortho nitro benzene ring substituents is 1. The van der Waals surface area contributed by atoms with Crippen molar-refractivity contribution in [3.05, 3.63) is 75.7 Å². The lowest BCUT2D eigenvalue weighted by Gasteiger charge is -2.01. The average molecular weight is 365 g/mol. The van der Waals surface area contributed by atoms with Gasteiger partial charge < -0.3 is 5.32 Å². The molecular weight excluding hydrogens is 350 g/mol. The van der Waals surface area contributed by atoms with Gasteiger partial charge in [0.2, 0.25) is 5.91 Å². The quantitative estimate of drug-likeness (QED) is 0.534. The highest BCUT2D eigenvalue weighted by atomic mass is 32.1. The number of nitrogens with zero attached hydrogens (tertiary/aromatic N) is 2. The van der Waals surface area contributed by atoms with E-state index < -0.39 is 4.92 Å². The van der Waals surface area contributed by atoms with Crippen LogP contribution in [0.15, 0.2) is 60.0 Å². The fourth-order valence-corrected chi connectivity index (χ4v) is 3.69. The highest BCUT2D eigenvalue weighted by Crippen LogP contribution is 2.48. The van der Waals surface area contributed by atoms with E-state index in [0.717, 1.165) is 12.0 Å². The van der Waals surface area contributed by atoms with E-state index in [-0.39, 0.29) is 23.4 Å². The molecule has 6 nitrogen and oxygen atoms in total. The van der Waals surface area contributed by atoms with Gasteiger partial charge in [-0.15, -0.1) is 11.3 Å². The van der Waals surface area contributed by atoms with Gasteiger partial charge in [-0.1, -0.05) is 30.3 Å². The van der Waals surface area contributed by atoms with Crippen LogP contribution in [0.5, 0.6) is 0 Å². The molecule has 1 aliphatic rings. The highest BCUT2D eigenvalue weighted by molar-refractivity contribution is 7.14. The molecule has 3 aromatic rings. The number of nitro groups is 1. The lowest BCUT2D eigenvalue weighted by molar-refractivity contribution is -0.384. The Morgan fingerprint density at radius 2 is 1.88 bits per heavy atom. The molecule has 1 amide bonds. The van der Waals surface area contributed by atoms with Crippen LogP contribution in [0.4, 0.5) is 10.8 Å². The molecule has 2 atom stereocenters. The summed E-state index contributed by atoms with van der Waals surface area (Å²) in [6.45, 7) is 0. The molecule has 0 unspecified atom stereocenters. The molecule has 1 fully saturated rings. The minimum atomic E-state index is -0.435. The van der Waals surface area contributed by atoms with Crippen LogP contribution in [0.1, 0.15) is 17.9 Å². The zero-order chi connectivity index (χ0) is 18.1. The average Bonchev–Trinajstić information content (AvgIpc) is 3.35. The molecule has 0 aliphatic heterocycles. The number of anilines is 1. The molecule has 1 saturated carbocycles. The molecule has 26 heavy (non-hydrogen) atoms. The summed E-state index contributed by atoms with van der Waals surface area (Å²) in [4.78, 5) is 27.1. The molecule has 1 aromatic heterocycles. The number of rotatable bonds is 5. The monoisotopic (exact) mass is 365 g/mol. The summed E-state index contributed by atoms with van der Waals surface area (Å²) in [6.07, 6.45) is 0.858. The first-order chi connectivity index (χ1) is 12.6. The third-order valence-corrected chi connectivity index (χ3v) is 5.22. The number of nitrogens with one attached hydrogen (secondary N) is 1. The Kier molecular flexibility index (Phi) is 4.22. The van der Waals surface area contributed by atoms with Crippen molar-refractivity contribution >= 4 is 28.1 Å². The van der Waals surface area contributed by atoms with Crippen LogP contribution in [-0.2, 0) is 4.79 Å². The number of hydrogen-bond acceptors (Lipinski definition) is 5. The molecule has 2 aromatic carbocycles. The highest BCUT2D eigenvalue weighted by Gasteiger charge is 2.44. The smallest absolute Gasteiger partial charge is 0.269 e. The van der Waals surface area contributed by atoms with Gasteiger partial charge >= 0.3 is 0 Å². The second-order valence-corrected chi connectivity index (χ2v) is 7.05. The summed E-state index contributed by atoms with van der Waals surface area (Å²) in [6, 6.07) is 16.2. The predicted molar refractivity (Wildman–Crippen MR) is 100 cm³/mol. The summed E-state index contributed by atoms with van der Waals surface area (Å²) in [5, 5.41) is 16.0. The number of hydrogen-bond donors (Lipinski definition) is 1. The topological polar surface area (TPSA) is 85.1 Å². The molecule has 1 aliphatic carbocycles. The van der Waals surface area contributed by atoms with Gasteiger partial charge in [0.05, 0.1) is 10.6 Å². The number of aromatic nitrogens is 1. The number of benzene rings is 2. The number of carbonyl (C=O) groups is 1. The number of thiazole rings is 1. The van der Waals surface area contributed by atoms with Gasteiger partial charge in [0, 0.05) is 29.0 Å². The summed E-state index contributed by atoms with van der Waals surface area (Å²) >= 11 is 1.35. The Morgan fingerprint density at radius 1 is 1.15 bits per heavy atom. The van der Waals surface area contributed by atoms with Gasteiger partial charge in [-0.05, 0) is 30.0 Å². The molecule has 7 heteroatoms. The zero-order valence-corrected chi connectivity index (χ0v) is 14.5. The van der Waals surface area contributed by atoms with Crippen LogP contribution < -0.4 is 5.32 Å². The molecule has 0 radical (unpaired) electrons. The van der Waals surface area contributed by atoms with Crippen LogP contribution in [-0.4, -0.2) is 15.8 Å². The van der Waals surface area contributed by atoms with E-state index in [1.165, 1.54) is 29.0 Å². The van der Waals surface area contributed by atoms with Crippen LogP contribution >= 0.6 is 11.3 Å². The van der Waals surface area contributed by atoms with E-state index in [9.17, 15) is 14.9 Å². The molecule has 130 valence electrons. The predicted octanol–water partition coefficient (Wildman–Crippen LogP) is 4.46. The van der Waals surface area contributed by atoms with Crippen molar-refractivity contribution in [3.63, 3.8) is 0 Å². The van der Waals surface area contributed by atoms with Crippen molar-refractivity contribution < 1.29 is 9.72 Å². The largest absolute Gasteiger partial charge is 0.302 e. The summed E-state index contributed by atoms with van der Waals surface area (Å²) in [5.74, 6) is 0.262. The fraction of sp³-hybridized carbons (Fsp3) is 0.158. The number of nitro benzene ring substituents is 1. The van der Waals surface area contributed by atoms with Gasteiger partial charge in [-0.2, -0.15) is 0 Å². The molecule has 0 saturated heterocycles. The van der Waals surface area contributed by atoms with Crippen LogP contribution in [0.3, 0.4) is 0 Å². The Bertz CT molecular complexity index is 954. The lowest BCUT2D eigenvalue weighted by atomic mass is 10.1. The van der Waals surface area contributed by atoms with Gasteiger partial charge in [0.15, 0.2) is 5.13 Å². The molecule has 1 N–H and O–H groups in total. The molecule has 1 heterocycles. The first kappa shape index (κ1) is 16.4. The Balaban J connectivity index is 1.41. The Labute approximate surface area is 153 Å². The SMILES string of the molecule is O=C(Nc1nc(-c2ccc([N+](=O)[O-])cc2)cs1)[C@H]1C[C@H]1c1ccccc1. The lowest BCUT2D eigenvalue weighted by Crippen LogP contribution is -2.14. The minimum Gasteiger partial charge on any atom is -0.302 e. The molecule has 4 rings (SSSR count). The van der Waals surface area contributed by atoms with E-state index in [4.69, 9.17) is 0 Å². The summed E-state index contributed by atoms with van der Waals surface area (Å²) < 4.78 is 0. The Hall–Kier alpha value is -3.06. The first-order valence-electron chi connectivity index (χ1n) is 8.18. The number of amides is 1. The maximum atomic E-state index is 12.4. The molecule has 0 bridgehead atoms. The molecule has 0 spiro atoms. The van der Waals surface area contributed by atoms with Crippen LogP contribution in [0, 0.1) is 16.0 Å². The van der Waals surface area contributed by atoms with Crippen LogP contribution in [0.25, 0.3) is 11.3 Å². The minimum absolute atomic E-state index is 0.0101. The fourth-order valence-electron chi connectivity index (χ4n) is 2.97. The normalized spacial score (nSPS) is 18.3. The van der Waals surface area contributed by atoms with E-state index in [1.54, 1.807) is 12.1 Å². The van der Waals surface area contributed by atoms with Gasteiger partial charge in [0.25, 0.3) is 5.69 Å². The number of carbonyl (C=O) groups excluding carboxylic acids is 1. The second-order valence-electron chi connectivity index (χ2n) is 6.19. The van der Waals surface area contributed by atoms with Crippen molar-refractivity contribution in [3.8, 4) is 11.3 Å². The van der Waals surface area contributed by atoms with E-state index >= 15 is 0 Å². The third kappa shape index (κ3) is 3.34. The van der Waals surface area contributed by atoms with Crippen molar-refractivity contribution in [1.29, 1.82) is 0 Å².